The third kappa shape index (κ3) is 5.45. The molecule has 2 heteroatoms. The molecule has 0 bridgehead atoms. The second kappa shape index (κ2) is 6.45. The van der Waals surface area contributed by atoms with Crippen molar-refractivity contribution in [3.63, 3.8) is 0 Å². The molecule has 8 heavy (non-hydrogen) atoms. The van der Waals surface area contributed by atoms with Crippen LogP contribution < -0.4 is 0 Å². The highest BCUT2D eigenvalue weighted by molar-refractivity contribution is 4.98. The molecule has 0 aromatic rings. The van der Waals surface area contributed by atoms with E-state index < -0.39 is 6.67 Å². The summed E-state index contributed by atoms with van der Waals surface area (Å²) in [6.45, 7) is 2.28. The van der Waals surface area contributed by atoms with Crippen LogP contribution in [-0.4, -0.2) is 19.9 Å². The van der Waals surface area contributed by atoms with Crippen molar-refractivity contribution in [1.82, 2.24) is 0 Å². The number of ether oxygens (including phenoxy) is 1. The van der Waals surface area contributed by atoms with Crippen LogP contribution in [0.3, 0.4) is 0 Å². The van der Waals surface area contributed by atoms with E-state index in [0.29, 0.717) is 13.2 Å². The van der Waals surface area contributed by atoms with Crippen LogP contribution in [0.2, 0.25) is 0 Å². The van der Waals surface area contributed by atoms with Gasteiger partial charge in [-0.15, -0.1) is 0 Å². The largest absolute Gasteiger partial charge is 0.369 e. The van der Waals surface area contributed by atoms with E-state index in [4.69, 9.17) is 4.74 Å². The molecule has 0 aliphatic carbocycles. The normalized spacial score (nSPS) is 7.75. The maximum absolute atomic E-state index is 11.2. The van der Waals surface area contributed by atoms with Crippen LogP contribution in [0.15, 0.2) is 0 Å². The van der Waals surface area contributed by atoms with E-state index in [1.54, 1.807) is 0 Å². The van der Waals surface area contributed by atoms with Crippen LogP contribution in [0, 0.1) is 11.8 Å². The van der Waals surface area contributed by atoms with Crippen molar-refractivity contribution < 1.29 is 9.13 Å². The summed E-state index contributed by atoms with van der Waals surface area (Å²) in [6, 6.07) is 0. The van der Waals surface area contributed by atoms with Crippen molar-refractivity contribution in [2.75, 3.05) is 19.9 Å². The first kappa shape index (κ1) is 7.45. The van der Waals surface area contributed by atoms with Gasteiger partial charge in [-0.05, 0) is 6.92 Å². The SMILES string of the molecule is CCOCC#CCF. The molecule has 0 amide bonds. The lowest BCUT2D eigenvalue weighted by Gasteiger charge is -1.87. The summed E-state index contributed by atoms with van der Waals surface area (Å²) in [7, 11) is 0. The van der Waals surface area contributed by atoms with E-state index in [1.165, 1.54) is 0 Å². The number of hydrogen-bond donors (Lipinski definition) is 0. The monoisotopic (exact) mass is 116 g/mol. The highest BCUT2D eigenvalue weighted by atomic mass is 19.1. The molecule has 0 aliphatic rings. The van der Waals surface area contributed by atoms with Crippen LogP contribution >= 0.6 is 0 Å². The standard InChI is InChI=1S/C6H9FO/c1-2-8-6-4-3-5-7/h2,5-6H2,1H3. The first-order valence-electron chi connectivity index (χ1n) is 2.51. The lowest BCUT2D eigenvalue weighted by molar-refractivity contribution is 0.182. The van der Waals surface area contributed by atoms with E-state index >= 15 is 0 Å². The van der Waals surface area contributed by atoms with Crippen LogP contribution in [0.4, 0.5) is 4.39 Å². The Morgan fingerprint density at radius 3 is 2.75 bits per heavy atom. The van der Waals surface area contributed by atoms with E-state index in [-0.39, 0.29) is 0 Å². The summed E-state index contributed by atoms with van der Waals surface area (Å²) in [5.74, 6) is 4.73. The van der Waals surface area contributed by atoms with E-state index in [2.05, 4.69) is 11.8 Å². The van der Waals surface area contributed by atoms with Crippen LogP contribution in [0.5, 0.6) is 0 Å². The summed E-state index contributed by atoms with van der Waals surface area (Å²) < 4.78 is 16.0. The van der Waals surface area contributed by atoms with Gasteiger partial charge >= 0.3 is 0 Å². The van der Waals surface area contributed by atoms with Gasteiger partial charge in [-0.25, -0.2) is 4.39 Å². The Balaban J connectivity index is 2.90. The fourth-order valence-electron chi connectivity index (χ4n) is 0.251. The predicted molar refractivity (Wildman–Crippen MR) is 30.2 cm³/mol. The summed E-state index contributed by atoms with van der Waals surface area (Å²) in [5, 5.41) is 0. The molecule has 0 unspecified atom stereocenters. The molecular formula is C6H9FO. The van der Waals surface area contributed by atoms with E-state index in [9.17, 15) is 4.39 Å². The van der Waals surface area contributed by atoms with Gasteiger partial charge in [0.05, 0.1) is 0 Å². The molecule has 0 N–H and O–H groups in total. The zero-order valence-electron chi connectivity index (χ0n) is 4.91. The van der Waals surface area contributed by atoms with Gasteiger partial charge in [0.1, 0.15) is 13.3 Å². The molecule has 46 valence electrons. The van der Waals surface area contributed by atoms with Crippen LogP contribution in [0.25, 0.3) is 0 Å². The molecule has 0 saturated carbocycles. The van der Waals surface area contributed by atoms with Crippen LogP contribution in [0.1, 0.15) is 6.92 Å². The fourth-order valence-corrected chi connectivity index (χ4v) is 0.251. The molecule has 0 spiro atoms. The Bertz CT molecular complexity index is 90.4. The Morgan fingerprint density at radius 1 is 1.50 bits per heavy atom. The van der Waals surface area contributed by atoms with Gasteiger partial charge in [0.25, 0.3) is 0 Å². The molecule has 0 aromatic carbocycles. The van der Waals surface area contributed by atoms with Gasteiger partial charge < -0.3 is 4.74 Å². The molecule has 0 rings (SSSR count). The van der Waals surface area contributed by atoms with Gasteiger partial charge in [0.2, 0.25) is 0 Å². The van der Waals surface area contributed by atoms with E-state index in [0.717, 1.165) is 0 Å². The molecule has 1 nitrogen and oxygen atoms in total. The van der Waals surface area contributed by atoms with Crippen molar-refractivity contribution in [1.29, 1.82) is 0 Å². The van der Waals surface area contributed by atoms with Crippen molar-refractivity contribution in [2.24, 2.45) is 0 Å². The maximum Gasteiger partial charge on any atom is 0.150 e. The predicted octanol–water partition coefficient (Wildman–Crippen LogP) is 0.996. The topological polar surface area (TPSA) is 9.23 Å². The smallest absolute Gasteiger partial charge is 0.150 e. The van der Waals surface area contributed by atoms with E-state index in [1.807, 2.05) is 6.92 Å². The third-order valence-corrected chi connectivity index (χ3v) is 0.570. The Hall–Kier alpha value is -0.550. The van der Waals surface area contributed by atoms with Crippen molar-refractivity contribution >= 4 is 0 Å². The first-order valence-corrected chi connectivity index (χ1v) is 2.51. The number of halogens is 1. The Labute approximate surface area is 48.8 Å². The molecular weight excluding hydrogens is 107 g/mol. The van der Waals surface area contributed by atoms with Gasteiger partial charge in [-0.3, -0.25) is 0 Å². The summed E-state index contributed by atoms with van der Waals surface area (Å²) in [5.41, 5.74) is 0. The molecule has 0 aromatic heterocycles. The van der Waals surface area contributed by atoms with Crippen LogP contribution in [-0.2, 0) is 4.74 Å². The number of hydrogen-bond acceptors (Lipinski definition) is 1. The van der Waals surface area contributed by atoms with Crippen molar-refractivity contribution in [3.05, 3.63) is 0 Å². The zero-order chi connectivity index (χ0) is 6.24. The van der Waals surface area contributed by atoms with Gasteiger partial charge in [0.15, 0.2) is 0 Å². The number of rotatable bonds is 2. The molecule has 0 heterocycles. The molecule has 0 atom stereocenters. The fraction of sp³-hybridized carbons (Fsp3) is 0.667. The third-order valence-electron chi connectivity index (χ3n) is 0.570. The lowest BCUT2D eigenvalue weighted by atomic mass is 10.6. The Morgan fingerprint density at radius 2 is 2.25 bits per heavy atom. The minimum Gasteiger partial charge on any atom is -0.369 e. The quantitative estimate of drug-likeness (QED) is 0.386. The number of alkyl halides is 1. The zero-order valence-corrected chi connectivity index (χ0v) is 4.91. The Kier molecular flexibility index (Phi) is 6.01. The van der Waals surface area contributed by atoms with Crippen molar-refractivity contribution in [2.45, 2.75) is 6.92 Å². The van der Waals surface area contributed by atoms with Gasteiger partial charge in [-0.2, -0.15) is 0 Å². The minimum atomic E-state index is -0.576. The summed E-state index contributed by atoms with van der Waals surface area (Å²) >= 11 is 0. The highest BCUT2D eigenvalue weighted by Crippen LogP contribution is 1.68. The molecule has 0 saturated heterocycles. The van der Waals surface area contributed by atoms with Crippen molar-refractivity contribution in [3.8, 4) is 11.8 Å². The van der Waals surface area contributed by atoms with Gasteiger partial charge in [0, 0.05) is 6.61 Å². The molecule has 0 fully saturated rings. The summed E-state index contributed by atoms with van der Waals surface area (Å²) in [4.78, 5) is 0. The first-order chi connectivity index (χ1) is 3.91. The molecule has 0 aliphatic heterocycles. The average Bonchev–Trinajstić information content (AvgIpc) is 1.81. The maximum atomic E-state index is 11.2. The summed E-state index contributed by atoms with van der Waals surface area (Å²) in [6.07, 6.45) is 0. The second-order valence-corrected chi connectivity index (χ2v) is 1.12. The minimum absolute atomic E-state index is 0.348. The highest BCUT2D eigenvalue weighted by Gasteiger charge is 1.71. The van der Waals surface area contributed by atoms with Gasteiger partial charge in [-0.1, -0.05) is 11.8 Å². The average molecular weight is 116 g/mol. The second-order valence-electron chi connectivity index (χ2n) is 1.12. The molecule has 0 radical (unpaired) electrons. The lowest BCUT2D eigenvalue weighted by Crippen LogP contribution is -1.88.